The van der Waals surface area contributed by atoms with Gasteiger partial charge in [0.1, 0.15) is 18.5 Å². The summed E-state index contributed by atoms with van der Waals surface area (Å²) in [5.74, 6) is 0.0681. The monoisotopic (exact) mass is 335 g/mol. The van der Waals surface area contributed by atoms with E-state index in [0.29, 0.717) is 10.8 Å². The standard InChI is InChI=1S/C11H11BrClNO4/c12-7-1-2-10(9(13)3-7)17-6-11(16)14-4-8(15)5-18-14/h1-3,8,15H,4-6H2/t8-/m1/s1. The Bertz CT molecular complexity index is 457. The zero-order valence-corrected chi connectivity index (χ0v) is 11.6. The second-order valence-electron chi connectivity index (χ2n) is 3.77. The van der Waals surface area contributed by atoms with Crippen LogP contribution in [0.3, 0.4) is 0 Å². The maximum Gasteiger partial charge on any atom is 0.284 e. The van der Waals surface area contributed by atoms with Crippen LogP contribution in [0.15, 0.2) is 22.7 Å². The van der Waals surface area contributed by atoms with Crippen LogP contribution in [-0.4, -0.2) is 41.9 Å². The Labute approximate surface area is 117 Å². The summed E-state index contributed by atoms with van der Waals surface area (Å²) in [6, 6.07) is 5.11. The van der Waals surface area contributed by atoms with E-state index >= 15 is 0 Å². The third-order valence-corrected chi connectivity index (χ3v) is 3.11. The number of amides is 1. The van der Waals surface area contributed by atoms with E-state index in [2.05, 4.69) is 15.9 Å². The number of β-amino-alcohol motifs (C(OH)–C–C–N with tert-alkyl or cyclic N) is 1. The van der Waals surface area contributed by atoms with Crippen LogP contribution < -0.4 is 4.74 Å². The van der Waals surface area contributed by atoms with Gasteiger partial charge in [-0.1, -0.05) is 27.5 Å². The molecule has 1 fully saturated rings. The summed E-state index contributed by atoms with van der Waals surface area (Å²) < 4.78 is 6.13. The number of rotatable bonds is 3. The van der Waals surface area contributed by atoms with Crippen LogP contribution in [0.5, 0.6) is 5.75 Å². The first-order valence-corrected chi connectivity index (χ1v) is 6.42. The number of nitrogens with zero attached hydrogens (tertiary/aromatic N) is 1. The van der Waals surface area contributed by atoms with E-state index in [-0.39, 0.29) is 25.7 Å². The fourth-order valence-corrected chi connectivity index (χ4v) is 2.18. The molecule has 1 N–H and O–H groups in total. The molecule has 5 nitrogen and oxygen atoms in total. The van der Waals surface area contributed by atoms with Gasteiger partial charge in [-0.15, -0.1) is 0 Å². The molecule has 1 aliphatic rings. The highest BCUT2D eigenvalue weighted by Gasteiger charge is 2.26. The predicted octanol–water partition coefficient (Wildman–Crippen LogP) is 1.62. The van der Waals surface area contributed by atoms with Crippen LogP contribution >= 0.6 is 27.5 Å². The van der Waals surface area contributed by atoms with Crippen molar-refractivity contribution in [2.75, 3.05) is 19.8 Å². The summed E-state index contributed by atoms with van der Waals surface area (Å²) in [5, 5.41) is 10.7. The molecule has 0 unspecified atom stereocenters. The molecule has 0 saturated carbocycles. The van der Waals surface area contributed by atoms with Crippen molar-refractivity contribution in [3.63, 3.8) is 0 Å². The molecule has 2 rings (SSSR count). The van der Waals surface area contributed by atoms with E-state index < -0.39 is 6.10 Å². The first-order valence-electron chi connectivity index (χ1n) is 5.25. The minimum Gasteiger partial charge on any atom is -0.482 e. The van der Waals surface area contributed by atoms with Gasteiger partial charge >= 0.3 is 0 Å². The SMILES string of the molecule is O=C(COc1ccc(Br)cc1Cl)N1C[C@@H](O)CO1. The van der Waals surface area contributed by atoms with Crippen LogP contribution in [0.25, 0.3) is 0 Å². The highest BCUT2D eigenvalue weighted by Crippen LogP contribution is 2.27. The third-order valence-electron chi connectivity index (χ3n) is 2.32. The zero-order chi connectivity index (χ0) is 13.1. The van der Waals surface area contributed by atoms with Gasteiger partial charge in [0.15, 0.2) is 6.61 Å². The van der Waals surface area contributed by atoms with Crippen molar-refractivity contribution >= 4 is 33.4 Å². The van der Waals surface area contributed by atoms with Crippen molar-refractivity contribution in [1.29, 1.82) is 0 Å². The molecular formula is C11H11BrClNO4. The van der Waals surface area contributed by atoms with Crippen LogP contribution in [-0.2, 0) is 9.63 Å². The van der Waals surface area contributed by atoms with Crippen molar-refractivity contribution in [2.45, 2.75) is 6.10 Å². The summed E-state index contributed by atoms with van der Waals surface area (Å²) >= 11 is 9.22. The second-order valence-corrected chi connectivity index (χ2v) is 5.09. The van der Waals surface area contributed by atoms with E-state index in [9.17, 15) is 9.90 Å². The maximum atomic E-state index is 11.7. The van der Waals surface area contributed by atoms with Gasteiger partial charge in [-0.2, -0.15) is 0 Å². The number of carbonyl (C=O) groups excluding carboxylic acids is 1. The van der Waals surface area contributed by atoms with E-state index in [0.717, 1.165) is 9.54 Å². The Morgan fingerprint density at radius 3 is 3.06 bits per heavy atom. The number of hydroxylamine groups is 2. The second kappa shape index (κ2) is 5.88. The number of carbonyl (C=O) groups is 1. The summed E-state index contributed by atoms with van der Waals surface area (Å²) in [6.45, 7) is 0.106. The number of hydrogen-bond donors (Lipinski definition) is 1. The molecule has 1 aromatic carbocycles. The number of ether oxygens (including phenoxy) is 1. The smallest absolute Gasteiger partial charge is 0.284 e. The van der Waals surface area contributed by atoms with E-state index in [1.54, 1.807) is 18.2 Å². The molecular weight excluding hydrogens is 325 g/mol. The third kappa shape index (κ3) is 3.35. The lowest BCUT2D eigenvalue weighted by atomic mass is 10.3. The molecule has 0 spiro atoms. The van der Waals surface area contributed by atoms with Crippen molar-refractivity contribution in [1.82, 2.24) is 5.06 Å². The van der Waals surface area contributed by atoms with Crippen LogP contribution in [0.4, 0.5) is 0 Å². The van der Waals surface area contributed by atoms with Gasteiger partial charge in [-0.05, 0) is 18.2 Å². The Kier molecular flexibility index (Phi) is 4.45. The summed E-state index contributed by atoms with van der Waals surface area (Å²) in [6.07, 6.45) is -0.634. The van der Waals surface area contributed by atoms with Gasteiger partial charge in [-0.25, -0.2) is 5.06 Å². The molecule has 1 aliphatic heterocycles. The highest BCUT2D eigenvalue weighted by molar-refractivity contribution is 9.10. The van der Waals surface area contributed by atoms with Gasteiger partial charge in [0, 0.05) is 4.47 Å². The molecule has 0 bridgehead atoms. The molecule has 98 valence electrons. The van der Waals surface area contributed by atoms with Gasteiger partial charge in [0.25, 0.3) is 5.91 Å². The Morgan fingerprint density at radius 1 is 1.67 bits per heavy atom. The average molecular weight is 337 g/mol. The van der Waals surface area contributed by atoms with E-state index in [1.165, 1.54) is 0 Å². The van der Waals surface area contributed by atoms with Gasteiger partial charge in [0.05, 0.1) is 11.6 Å². The molecule has 1 amide bonds. The summed E-state index contributed by atoms with van der Waals surface area (Å²) in [5.41, 5.74) is 0. The molecule has 0 aliphatic carbocycles. The van der Waals surface area contributed by atoms with Gasteiger partial charge < -0.3 is 9.84 Å². The number of hydrogen-bond acceptors (Lipinski definition) is 4. The maximum absolute atomic E-state index is 11.7. The number of halogens is 2. The molecule has 1 aromatic rings. The van der Waals surface area contributed by atoms with Crippen molar-refractivity contribution in [3.8, 4) is 5.75 Å². The van der Waals surface area contributed by atoms with Crippen molar-refractivity contribution < 1.29 is 19.5 Å². The van der Waals surface area contributed by atoms with Gasteiger partial charge in [-0.3, -0.25) is 9.63 Å². The van der Waals surface area contributed by atoms with Crippen molar-refractivity contribution in [3.05, 3.63) is 27.7 Å². The molecule has 0 aromatic heterocycles. The van der Waals surface area contributed by atoms with E-state index in [1.807, 2.05) is 0 Å². The normalized spacial score (nSPS) is 19.1. The Balaban J connectivity index is 1.89. The highest BCUT2D eigenvalue weighted by atomic mass is 79.9. The molecule has 0 radical (unpaired) electrons. The van der Waals surface area contributed by atoms with Crippen LogP contribution in [0, 0.1) is 0 Å². The zero-order valence-electron chi connectivity index (χ0n) is 9.31. The average Bonchev–Trinajstić information content (AvgIpc) is 2.74. The molecule has 1 atom stereocenters. The first kappa shape index (κ1) is 13.6. The minimum absolute atomic E-state index is 0.130. The van der Waals surface area contributed by atoms with Crippen LogP contribution in [0.2, 0.25) is 5.02 Å². The molecule has 7 heteroatoms. The van der Waals surface area contributed by atoms with Crippen molar-refractivity contribution in [2.24, 2.45) is 0 Å². The predicted molar refractivity (Wildman–Crippen MR) is 68.3 cm³/mol. The van der Waals surface area contributed by atoms with Crippen LogP contribution in [0.1, 0.15) is 0 Å². The fraction of sp³-hybridized carbons (Fsp3) is 0.364. The fourth-order valence-electron chi connectivity index (χ4n) is 1.45. The molecule has 1 saturated heterocycles. The van der Waals surface area contributed by atoms with Gasteiger partial charge in [0.2, 0.25) is 0 Å². The topological polar surface area (TPSA) is 59.0 Å². The first-order chi connectivity index (χ1) is 8.56. The quantitative estimate of drug-likeness (QED) is 0.911. The number of aliphatic hydroxyl groups is 1. The van der Waals surface area contributed by atoms with E-state index in [4.69, 9.17) is 21.2 Å². The summed E-state index contributed by atoms with van der Waals surface area (Å²) in [7, 11) is 0. The lowest BCUT2D eigenvalue weighted by Gasteiger charge is -2.14. The minimum atomic E-state index is -0.634. The number of benzene rings is 1. The molecule has 1 heterocycles. The largest absolute Gasteiger partial charge is 0.482 e. The lowest BCUT2D eigenvalue weighted by molar-refractivity contribution is -0.170. The Morgan fingerprint density at radius 2 is 2.44 bits per heavy atom. The summed E-state index contributed by atoms with van der Waals surface area (Å²) in [4.78, 5) is 16.6. The Hall–Kier alpha value is -0.820. The lowest BCUT2D eigenvalue weighted by Crippen LogP contribution is -2.32. The number of aliphatic hydroxyl groups excluding tert-OH is 1. The molecule has 18 heavy (non-hydrogen) atoms.